The monoisotopic (exact) mass is 328 g/mol. The molecule has 0 aromatic heterocycles. The number of methoxy groups -OCH3 is 1. The molecule has 0 radical (unpaired) electrons. The van der Waals surface area contributed by atoms with Crippen molar-refractivity contribution in [3.8, 4) is 0 Å². The summed E-state index contributed by atoms with van der Waals surface area (Å²) in [6.07, 6.45) is 4.95. The molecule has 0 aliphatic heterocycles. The molecule has 1 saturated carbocycles. The van der Waals surface area contributed by atoms with E-state index in [1.807, 2.05) is 0 Å². The number of halogens is 2. The van der Waals surface area contributed by atoms with Gasteiger partial charge in [-0.2, -0.15) is 0 Å². The molecule has 4 heteroatoms. The Balaban J connectivity index is 2.17. The highest BCUT2D eigenvalue weighted by Gasteiger charge is 2.39. The molecule has 1 aliphatic carbocycles. The van der Waals surface area contributed by atoms with Crippen LogP contribution in [0.3, 0.4) is 0 Å². The van der Waals surface area contributed by atoms with Crippen LogP contribution in [-0.2, 0) is 16.0 Å². The molecule has 104 valence electrons. The Labute approximate surface area is 121 Å². The minimum Gasteiger partial charge on any atom is -0.370 e. The number of carbonyl (C=O) groups is 1. The fourth-order valence-electron chi connectivity index (χ4n) is 2.74. The van der Waals surface area contributed by atoms with Gasteiger partial charge in [-0.25, -0.2) is 4.39 Å². The van der Waals surface area contributed by atoms with Crippen molar-refractivity contribution < 1.29 is 13.9 Å². The number of ketones is 1. The predicted octanol–water partition coefficient (Wildman–Crippen LogP) is 4.05. The largest absolute Gasteiger partial charge is 0.370 e. The van der Waals surface area contributed by atoms with Crippen molar-refractivity contribution in [2.75, 3.05) is 7.11 Å². The van der Waals surface area contributed by atoms with Crippen LogP contribution in [0.15, 0.2) is 22.7 Å². The van der Waals surface area contributed by atoms with E-state index < -0.39 is 5.60 Å². The van der Waals surface area contributed by atoms with Crippen LogP contribution in [0.1, 0.15) is 37.7 Å². The summed E-state index contributed by atoms with van der Waals surface area (Å²) in [5, 5.41) is 0. The van der Waals surface area contributed by atoms with Crippen molar-refractivity contribution in [3.63, 3.8) is 0 Å². The van der Waals surface area contributed by atoms with Crippen LogP contribution in [0.25, 0.3) is 0 Å². The highest BCUT2D eigenvalue weighted by molar-refractivity contribution is 9.10. The second kappa shape index (κ2) is 6.14. The van der Waals surface area contributed by atoms with Crippen LogP contribution in [0.4, 0.5) is 4.39 Å². The van der Waals surface area contributed by atoms with E-state index in [9.17, 15) is 9.18 Å². The first-order valence-corrected chi connectivity index (χ1v) is 7.40. The molecule has 0 atom stereocenters. The summed E-state index contributed by atoms with van der Waals surface area (Å²) in [6.45, 7) is 0. The van der Waals surface area contributed by atoms with E-state index in [0.717, 1.165) is 32.1 Å². The Kier molecular flexibility index (Phi) is 4.74. The fourth-order valence-corrected chi connectivity index (χ4v) is 3.14. The summed E-state index contributed by atoms with van der Waals surface area (Å²) in [5.74, 6) is -0.276. The van der Waals surface area contributed by atoms with Gasteiger partial charge in [-0.3, -0.25) is 4.79 Å². The molecular formula is C15H18BrFO2. The van der Waals surface area contributed by atoms with E-state index in [4.69, 9.17) is 4.74 Å². The van der Waals surface area contributed by atoms with E-state index in [0.29, 0.717) is 10.0 Å². The standard InChI is InChI=1S/C15H18BrFO2/c1-19-15(8-3-2-4-9-15)13(18)10-11-6-5-7-12(17)14(11)16/h5-7H,2-4,8-10H2,1H3. The van der Waals surface area contributed by atoms with Gasteiger partial charge in [-0.1, -0.05) is 31.4 Å². The minimum atomic E-state index is -0.663. The molecule has 2 nitrogen and oxygen atoms in total. The highest BCUT2D eigenvalue weighted by atomic mass is 79.9. The van der Waals surface area contributed by atoms with Gasteiger partial charge in [-0.15, -0.1) is 0 Å². The lowest BCUT2D eigenvalue weighted by atomic mass is 9.79. The van der Waals surface area contributed by atoms with Gasteiger partial charge in [0.25, 0.3) is 0 Å². The van der Waals surface area contributed by atoms with E-state index in [1.165, 1.54) is 6.07 Å². The quantitative estimate of drug-likeness (QED) is 0.833. The fraction of sp³-hybridized carbons (Fsp3) is 0.533. The second-order valence-corrected chi connectivity index (χ2v) is 5.86. The summed E-state index contributed by atoms with van der Waals surface area (Å²) in [5.41, 5.74) is 0.0243. The van der Waals surface area contributed by atoms with E-state index in [2.05, 4.69) is 15.9 Å². The third-order valence-corrected chi connectivity index (χ3v) is 4.83. The van der Waals surface area contributed by atoms with Gasteiger partial charge in [0, 0.05) is 13.5 Å². The van der Waals surface area contributed by atoms with E-state index >= 15 is 0 Å². The lowest BCUT2D eigenvalue weighted by Crippen LogP contribution is -2.43. The van der Waals surface area contributed by atoms with Gasteiger partial charge >= 0.3 is 0 Å². The molecule has 0 saturated heterocycles. The number of Topliss-reactive ketones (excluding diaryl/α,β-unsaturated/α-hetero) is 1. The summed E-state index contributed by atoms with van der Waals surface area (Å²) in [7, 11) is 1.60. The Morgan fingerprint density at radius 2 is 2.05 bits per heavy atom. The van der Waals surface area contributed by atoms with Crippen molar-refractivity contribution in [3.05, 3.63) is 34.1 Å². The maximum atomic E-state index is 13.5. The second-order valence-electron chi connectivity index (χ2n) is 5.07. The molecule has 0 unspecified atom stereocenters. The lowest BCUT2D eigenvalue weighted by molar-refractivity contribution is -0.144. The molecule has 1 aliphatic rings. The smallest absolute Gasteiger partial charge is 0.168 e. The zero-order valence-electron chi connectivity index (χ0n) is 11.0. The molecule has 0 bridgehead atoms. The number of benzene rings is 1. The zero-order valence-corrected chi connectivity index (χ0v) is 12.6. The Bertz CT molecular complexity index is 467. The molecule has 0 N–H and O–H groups in total. The molecule has 2 rings (SSSR count). The summed E-state index contributed by atoms with van der Waals surface area (Å²) >= 11 is 3.20. The Hall–Kier alpha value is -0.740. The molecule has 0 amide bonds. The first-order chi connectivity index (χ1) is 9.09. The first kappa shape index (κ1) is 14.7. The van der Waals surface area contributed by atoms with Gasteiger partial charge in [-0.05, 0) is 40.4 Å². The number of rotatable bonds is 4. The molecule has 0 heterocycles. The molecule has 19 heavy (non-hydrogen) atoms. The number of ether oxygens (including phenoxy) is 1. The van der Waals surface area contributed by atoms with Crippen molar-refractivity contribution in [2.45, 2.75) is 44.1 Å². The summed E-state index contributed by atoms with van der Waals surface area (Å²) in [4.78, 5) is 12.5. The Morgan fingerprint density at radius 3 is 2.68 bits per heavy atom. The minimum absolute atomic E-state index is 0.0565. The van der Waals surface area contributed by atoms with Crippen molar-refractivity contribution in [2.24, 2.45) is 0 Å². The maximum absolute atomic E-state index is 13.5. The third-order valence-electron chi connectivity index (χ3n) is 3.94. The molecule has 1 fully saturated rings. The number of carbonyl (C=O) groups excluding carboxylic acids is 1. The Morgan fingerprint density at radius 1 is 1.37 bits per heavy atom. The van der Waals surface area contributed by atoms with Gasteiger partial charge in [0.2, 0.25) is 0 Å². The average Bonchev–Trinajstić information content (AvgIpc) is 2.44. The number of hydrogen-bond acceptors (Lipinski definition) is 2. The van der Waals surface area contributed by atoms with Crippen LogP contribution in [-0.4, -0.2) is 18.5 Å². The normalized spacial score (nSPS) is 18.3. The van der Waals surface area contributed by atoms with Crippen LogP contribution in [0.2, 0.25) is 0 Å². The van der Waals surface area contributed by atoms with Crippen LogP contribution in [0, 0.1) is 5.82 Å². The molecule has 1 aromatic rings. The average molecular weight is 329 g/mol. The van der Waals surface area contributed by atoms with Crippen LogP contribution >= 0.6 is 15.9 Å². The van der Waals surface area contributed by atoms with Gasteiger partial charge in [0.1, 0.15) is 11.4 Å². The summed E-state index contributed by atoms with van der Waals surface area (Å²) < 4.78 is 19.4. The van der Waals surface area contributed by atoms with E-state index in [-0.39, 0.29) is 18.0 Å². The van der Waals surface area contributed by atoms with E-state index in [1.54, 1.807) is 19.2 Å². The number of hydrogen-bond donors (Lipinski definition) is 0. The molecule has 1 aromatic carbocycles. The maximum Gasteiger partial charge on any atom is 0.168 e. The van der Waals surface area contributed by atoms with Crippen molar-refractivity contribution in [1.82, 2.24) is 0 Å². The van der Waals surface area contributed by atoms with Crippen molar-refractivity contribution >= 4 is 21.7 Å². The summed E-state index contributed by atoms with van der Waals surface area (Å²) in [6, 6.07) is 4.78. The topological polar surface area (TPSA) is 26.3 Å². The van der Waals surface area contributed by atoms with Crippen LogP contribution in [0.5, 0.6) is 0 Å². The lowest BCUT2D eigenvalue weighted by Gasteiger charge is -2.34. The van der Waals surface area contributed by atoms with Gasteiger partial charge in [0.15, 0.2) is 5.78 Å². The zero-order chi connectivity index (χ0) is 13.9. The SMILES string of the molecule is COC1(C(=O)Cc2cccc(F)c2Br)CCCCC1. The predicted molar refractivity (Wildman–Crippen MR) is 75.6 cm³/mol. The molecule has 0 spiro atoms. The van der Waals surface area contributed by atoms with Gasteiger partial charge < -0.3 is 4.74 Å². The molecular weight excluding hydrogens is 311 g/mol. The van der Waals surface area contributed by atoms with Crippen molar-refractivity contribution in [1.29, 1.82) is 0 Å². The highest BCUT2D eigenvalue weighted by Crippen LogP contribution is 2.33. The third kappa shape index (κ3) is 3.06. The van der Waals surface area contributed by atoms with Crippen LogP contribution < -0.4 is 0 Å². The van der Waals surface area contributed by atoms with Gasteiger partial charge in [0.05, 0.1) is 4.47 Å². The first-order valence-electron chi connectivity index (χ1n) is 6.60.